The van der Waals surface area contributed by atoms with Crippen LogP contribution in [0.3, 0.4) is 0 Å². The monoisotopic (exact) mass is 418 g/mol. The van der Waals surface area contributed by atoms with Crippen molar-refractivity contribution in [1.82, 2.24) is 9.88 Å². The topological polar surface area (TPSA) is 44.7 Å². The average molecular weight is 419 g/mol. The Balaban J connectivity index is 1.44. The van der Waals surface area contributed by atoms with Gasteiger partial charge in [-0.2, -0.15) is 0 Å². The fraction of sp³-hybridized carbons (Fsp3) is 0.333. The van der Waals surface area contributed by atoms with Crippen molar-refractivity contribution in [1.29, 1.82) is 0 Å². The van der Waals surface area contributed by atoms with E-state index in [2.05, 4.69) is 9.88 Å². The molecular formula is C21H20Cl2N2O3. The Labute approximate surface area is 173 Å². The van der Waals surface area contributed by atoms with Crippen molar-refractivity contribution in [3.8, 4) is 17.2 Å². The summed E-state index contributed by atoms with van der Waals surface area (Å²) in [7, 11) is 0. The van der Waals surface area contributed by atoms with E-state index in [1.807, 2.05) is 30.3 Å². The van der Waals surface area contributed by atoms with Crippen molar-refractivity contribution in [2.24, 2.45) is 0 Å². The maximum Gasteiger partial charge on any atom is 0.231 e. The average Bonchev–Trinajstić information content (AvgIpc) is 3.15. The van der Waals surface area contributed by atoms with Crippen LogP contribution in [0.25, 0.3) is 10.9 Å². The molecule has 0 aliphatic carbocycles. The lowest BCUT2D eigenvalue weighted by atomic mass is 10.1. The molecule has 0 saturated heterocycles. The van der Waals surface area contributed by atoms with Gasteiger partial charge in [-0.1, -0.05) is 23.2 Å². The van der Waals surface area contributed by atoms with Crippen molar-refractivity contribution >= 4 is 34.1 Å². The molecule has 7 heteroatoms. The fourth-order valence-electron chi connectivity index (χ4n) is 4.10. The van der Waals surface area contributed by atoms with E-state index in [0.717, 1.165) is 54.1 Å². The highest BCUT2D eigenvalue weighted by molar-refractivity contribution is 6.38. The highest BCUT2D eigenvalue weighted by atomic mass is 35.5. The summed E-state index contributed by atoms with van der Waals surface area (Å²) >= 11 is 12.9. The maximum absolute atomic E-state index is 6.60. The van der Waals surface area contributed by atoms with Gasteiger partial charge in [-0.25, -0.2) is 0 Å². The van der Waals surface area contributed by atoms with E-state index in [4.69, 9.17) is 37.4 Å². The molecule has 0 unspecified atom stereocenters. The summed E-state index contributed by atoms with van der Waals surface area (Å²) < 4.78 is 19.1. The van der Waals surface area contributed by atoms with E-state index in [9.17, 15) is 0 Å². The molecule has 0 atom stereocenters. The molecule has 3 aromatic rings. The van der Waals surface area contributed by atoms with Gasteiger partial charge in [-0.15, -0.1) is 0 Å². The van der Waals surface area contributed by atoms with Crippen LogP contribution in [0.5, 0.6) is 17.2 Å². The second-order valence-electron chi connectivity index (χ2n) is 6.97. The van der Waals surface area contributed by atoms with Gasteiger partial charge in [0.15, 0.2) is 11.5 Å². The Bertz CT molecular complexity index is 1050. The number of aromatic nitrogens is 1. The minimum Gasteiger partial charge on any atom is -0.492 e. The number of fused-ring (bicyclic) bond motifs is 4. The fourth-order valence-corrected chi connectivity index (χ4v) is 4.70. The summed E-state index contributed by atoms with van der Waals surface area (Å²) in [5.41, 5.74) is 3.71. The second kappa shape index (κ2) is 7.39. The van der Waals surface area contributed by atoms with Gasteiger partial charge in [-0.05, 0) is 42.8 Å². The van der Waals surface area contributed by atoms with E-state index in [1.54, 1.807) is 0 Å². The summed E-state index contributed by atoms with van der Waals surface area (Å²) in [6.45, 7) is 3.42. The van der Waals surface area contributed by atoms with Crippen LogP contribution in [0.2, 0.25) is 10.0 Å². The highest BCUT2D eigenvalue weighted by Crippen LogP contribution is 2.37. The van der Waals surface area contributed by atoms with Crippen molar-refractivity contribution in [3.63, 3.8) is 0 Å². The molecule has 2 aromatic carbocycles. The number of hydrogen-bond acceptors (Lipinski definition) is 4. The molecule has 5 rings (SSSR count). The standard InChI is InChI=1S/C21H20Cl2N2O3/c22-13-9-16-15-3-5-24-6-4-18(15)25(21(16)17(23)10-13)7-8-26-14-1-2-19-20(11-14)28-12-27-19/h1-2,9-11,24H,3-8,12H2. The SMILES string of the molecule is Clc1cc(Cl)c2c(c1)c1c(n2CCOc2ccc3c(c2)OCO3)CCNCC1. The zero-order chi connectivity index (χ0) is 19.1. The van der Waals surface area contributed by atoms with Crippen LogP contribution in [0.1, 0.15) is 11.3 Å². The van der Waals surface area contributed by atoms with Crippen molar-refractivity contribution in [3.05, 3.63) is 51.6 Å². The number of nitrogens with zero attached hydrogens (tertiary/aromatic N) is 1. The molecule has 0 spiro atoms. The highest BCUT2D eigenvalue weighted by Gasteiger charge is 2.21. The minimum absolute atomic E-state index is 0.259. The van der Waals surface area contributed by atoms with Crippen LogP contribution in [0.4, 0.5) is 0 Å². The summed E-state index contributed by atoms with van der Waals surface area (Å²) in [6, 6.07) is 9.49. The molecule has 5 nitrogen and oxygen atoms in total. The lowest BCUT2D eigenvalue weighted by Gasteiger charge is -2.13. The predicted molar refractivity (Wildman–Crippen MR) is 110 cm³/mol. The molecule has 28 heavy (non-hydrogen) atoms. The van der Waals surface area contributed by atoms with E-state index in [0.29, 0.717) is 23.2 Å². The first-order chi connectivity index (χ1) is 13.7. The number of nitrogens with one attached hydrogen (secondary N) is 1. The summed E-state index contributed by atoms with van der Waals surface area (Å²) in [4.78, 5) is 0. The van der Waals surface area contributed by atoms with E-state index >= 15 is 0 Å². The van der Waals surface area contributed by atoms with Gasteiger partial charge in [0.1, 0.15) is 12.4 Å². The molecule has 146 valence electrons. The van der Waals surface area contributed by atoms with Crippen LogP contribution in [0.15, 0.2) is 30.3 Å². The Hall–Kier alpha value is -2.08. The first-order valence-corrected chi connectivity index (χ1v) is 10.2. The lowest BCUT2D eigenvalue weighted by molar-refractivity contribution is 0.173. The molecule has 2 aliphatic heterocycles. The Morgan fingerprint density at radius 3 is 2.82 bits per heavy atom. The van der Waals surface area contributed by atoms with Crippen LogP contribution < -0.4 is 19.5 Å². The van der Waals surface area contributed by atoms with E-state index in [-0.39, 0.29) is 6.79 Å². The Kier molecular flexibility index (Phi) is 4.75. The lowest BCUT2D eigenvalue weighted by Crippen LogP contribution is -2.18. The van der Waals surface area contributed by atoms with Crippen LogP contribution in [0, 0.1) is 0 Å². The third-order valence-electron chi connectivity index (χ3n) is 5.32. The molecular weight excluding hydrogens is 399 g/mol. The second-order valence-corrected chi connectivity index (χ2v) is 7.82. The minimum atomic E-state index is 0.259. The first-order valence-electron chi connectivity index (χ1n) is 9.43. The van der Waals surface area contributed by atoms with E-state index < -0.39 is 0 Å². The molecule has 0 bridgehead atoms. The van der Waals surface area contributed by atoms with Crippen molar-refractivity contribution in [2.45, 2.75) is 19.4 Å². The van der Waals surface area contributed by atoms with E-state index in [1.165, 1.54) is 11.3 Å². The maximum atomic E-state index is 6.60. The summed E-state index contributed by atoms with van der Waals surface area (Å²) in [6.07, 6.45) is 1.93. The first kappa shape index (κ1) is 18.0. The number of hydrogen-bond donors (Lipinski definition) is 1. The number of rotatable bonds is 4. The van der Waals surface area contributed by atoms with Gasteiger partial charge in [-0.3, -0.25) is 0 Å². The normalized spacial score (nSPS) is 15.5. The molecule has 1 N–H and O–H groups in total. The van der Waals surface area contributed by atoms with Crippen molar-refractivity contribution in [2.75, 3.05) is 26.5 Å². The molecule has 0 amide bonds. The van der Waals surface area contributed by atoms with Gasteiger partial charge in [0.25, 0.3) is 0 Å². The molecule has 0 fully saturated rings. The van der Waals surface area contributed by atoms with Gasteiger partial charge < -0.3 is 24.1 Å². The smallest absolute Gasteiger partial charge is 0.231 e. The predicted octanol–water partition coefficient (Wildman–Crippen LogP) is 4.44. The Morgan fingerprint density at radius 1 is 1.04 bits per heavy atom. The van der Waals surface area contributed by atoms with Crippen molar-refractivity contribution < 1.29 is 14.2 Å². The quantitative estimate of drug-likeness (QED) is 0.679. The van der Waals surface area contributed by atoms with Crippen LogP contribution in [-0.4, -0.2) is 31.1 Å². The zero-order valence-electron chi connectivity index (χ0n) is 15.3. The Morgan fingerprint density at radius 2 is 1.89 bits per heavy atom. The van der Waals surface area contributed by atoms with Crippen LogP contribution >= 0.6 is 23.2 Å². The number of ether oxygens (including phenoxy) is 3. The molecule has 2 aliphatic rings. The van der Waals surface area contributed by atoms with Gasteiger partial charge >= 0.3 is 0 Å². The molecule has 1 aromatic heterocycles. The van der Waals surface area contributed by atoms with Gasteiger partial charge in [0.2, 0.25) is 6.79 Å². The third-order valence-corrected chi connectivity index (χ3v) is 5.82. The summed E-state index contributed by atoms with van der Waals surface area (Å²) in [5, 5.41) is 5.98. The molecule has 3 heterocycles. The van der Waals surface area contributed by atoms with Crippen LogP contribution in [-0.2, 0) is 19.4 Å². The molecule has 0 saturated carbocycles. The number of halogens is 2. The largest absolute Gasteiger partial charge is 0.492 e. The van der Waals surface area contributed by atoms with Gasteiger partial charge in [0.05, 0.1) is 17.1 Å². The summed E-state index contributed by atoms with van der Waals surface area (Å²) in [5.74, 6) is 2.24. The molecule has 0 radical (unpaired) electrons. The zero-order valence-corrected chi connectivity index (χ0v) is 16.8. The third kappa shape index (κ3) is 3.17. The number of benzene rings is 2. The van der Waals surface area contributed by atoms with Gasteiger partial charge in [0, 0.05) is 35.1 Å².